The summed E-state index contributed by atoms with van der Waals surface area (Å²) in [5.74, 6) is 0.551. The highest BCUT2D eigenvalue weighted by Gasteiger charge is 2.19. The Morgan fingerprint density at radius 2 is 2.10 bits per heavy atom. The van der Waals surface area contributed by atoms with E-state index in [2.05, 4.69) is 21.4 Å². The first-order valence-electron chi connectivity index (χ1n) is 9.82. The maximum absolute atomic E-state index is 12.7. The van der Waals surface area contributed by atoms with Crippen LogP contribution in [0, 0.1) is 0 Å². The molecule has 6 heteroatoms. The van der Waals surface area contributed by atoms with Crippen LogP contribution in [0.4, 0.5) is 5.82 Å². The van der Waals surface area contributed by atoms with Gasteiger partial charge in [-0.3, -0.25) is 9.59 Å². The number of anilines is 1. The van der Waals surface area contributed by atoms with Crippen LogP contribution in [0.5, 0.6) is 0 Å². The minimum Gasteiger partial charge on any atom is -0.361 e. The number of benzene rings is 1. The SMILES string of the molecule is CC(c1c[nH]c2ccccc12)N(C)C(=O)C=Cc1cnc2c(c1)CCCC(=O)N2. The van der Waals surface area contributed by atoms with E-state index in [1.807, 2.05) is 44.4 Å². The van der Waals surface area contributed by atoms with Crippen LogP contribution >= 0.6 is 0 Å². The summed E-state index contributed by atoms with van der Waals surface area (Å²) in [6.07, 6.45) is 9.11. The number of fused-ring (bicyclic) bond motifs is 2. The fourth-order valence-corrected chi connectivity index (χ4v) is 3.68. The van der Waals surface area contributed by atoms with Gasteiger partial charge < -0.3 is 15.2 Å². The molecule has 29 heavy (non-hydrogen) atoms. The number of para-hydroxylation sites is 1. The molecule has 1 atom stereocenters. The second-order valence-electron chi connectivity index (χ2n) is 7.43. The molecule has 3 aromatic rings. The Bertz CT molecular complexity index is 1100. The van der Waals surface area contributed by atoms with Gasteiger partial charge in [-0.25, -0.2) is 4.98 Å². The Kier molecular flexibility index (Phi) is 5.16. The van der Waals surface area contributed by atoms with Crippen LogP contribution in [0.2, 0.25) is 0 Å². The highest BCUT2D eigenvalue weighted by molar-refractivity contribution is 5.93. The van der Waals surface area contributed by atoms with Crippen molar-refractivity contribution in [3.8, 4) is 0 Å². The zero-order valence-electron chi connectivity index (χ0n) is 16.6. The number of nitrogens with one attached hydrogen (secondary N) is 2. The van der Waals surface area contributed by atoms with E-state index in [-0.39, 0.29) is 17.9 Å². The number of likely N-dealkylation sites (N-methyl/N-ethyl adjacent to an activating group) is 1. The number of hydrogen-bond donors (Lipinski definition) is 2. The summed E-state index contributed by atoms with van der Waals surface area (Å²) < 4.78 is 0. The van der Waals surface area contributed by atoms with Crippen molar-refractivity contribution in [2.45, 2.75) is 32.2 Å². The number of H-pyrrole nitrogens is 1. The smallest absolute Gasteiger partial charge is 0.246 e. The lowest BCUT2D eigenvalue weighted by Gasteiger charge is -2.23. The molecule has 2 N–H and O–H groups in total. The van der Waals surface area contributed by atoms with E-state index in [1.54, 1.807) is 23.2 Å². The molecule has 6 nitrogen and oxygen atoms in total. The molecule has 0 bridgehead atoms. The molecule has 0 aliphatic carbocycles. The lowest BCUT2D eigenvalue weighted by Crippen LogP contribution is -2.27. The molecule has 1 unspecified atom stereocenters. The van der Waals surface area contributed by atoms with Crippen molar-refractivity contribution in [3.05, 3.63) is 65.5 Å². The maximum Gasteiger partial charge on any atom is 0.246 e. The standard InChI is InChI=1S/C23H24N4O2/c1-15(19-14-24-20-8-4-3-7-18(19)20)27(2)22(29)11-10-16-12-17-6-5-9-21(28)26-23(17)25-13-16/h3-4,7-8,10-15,24H,5-6,9H2,1-2H3,(H,25,26,28). The molecule has 1 aliphatic heterocycles. The Labute approximate surface area is 169 Å². The van der Waals surface area contributed by atoms with Crippen LogP contribution in [0.25, 0.3) is 17.0 Å². The van der Waals surface area contributed by atoms with E-state index in [1.165, 1.54) is 0 Å². The van der Waals surface area contributed by atoms with Gasteiger partial charge in [0.05, 0.1) is 6.04 Å². The van der Waals surface area contributed by atoms with Gasteiger partial charge in [-0.05, 0) is 54.7 Å². The lowest BCUT2D eigenvalue weighted by molar-refractivity contribution is -0.126. The highest BCUT2D eigenvalue weighted by Crippen LogP contribution is 2.27. The fourth-order valence-electron chi connectivity index (χ4n) is 3.68. The predicted molar refractivity (Wildman–Crippen MR) is 114 cm³/mol. The first kappa shape index (κ1) is 18.9. The molecule has 1 aromatic carbocycles. The van der Waals surface area contributed by atoms with E-state index in [9.17, 15) is 9.59 Å². The first-order chi connectivity index (χ1) is 14.0. The quantitative estimate of drug-likeness (QED) is 0.662. The van der Waals surface area contributed by atoms with Crippen molar-refractivity contribution >= 4 is 34.6 Å². The van der Waals surface area contributed by atoms with Crippen molar-refractivity contribution in [1.82, 2.24) is 14.9 Å². The second kappa shape index (κ2) is 7.91. The molecule has 148 valence electrons. The summed E-state index contributed by atoms with van der Waals surface area (Å²) in [4.78, 5) is 33.7. The number of carbonyl (C=O) groups is 2. The van der Waals surface area contributed by atoms with Crippen molar-refractivity contribution in [2.24, 2.45) is 0 Å². The van der Waals surface area contributed by atoms with E-state index in [0.29, 0.717) is 12.2 Å². The molecule has 0 saturated heterocycles. The molecule has 4 rings (SSSR count). The van der Waals surface area contributed by atoms with E-state index < -0.39 is 0 Å². The van der Waals surface area contributed by atoms with Crippen LogP contribution < -0.4 is 5.32 Å². The van der Waals surface area contributed by atoms with Gasteiger partial charge in [0.2, 0.25) is 11.8 Å². The fraction of sp³-hybridized carbons (Fsp3) is 0.261. The molecule has 0 saturated carbocycles. The topological polar surface area (TPSA) is 78.1 Å². The molecule has 0 fully saturated rings. The third-order valence-electron chi connectivity index (χ3n) is 5.51. The van der Waals surface area contributed by atoms with Crippen molar-refractivity contribution in [1.29, 1.82) is 0 Å². The minimum absolute atomic E-state index is 0.00242. The van der Waals surface area contributed by atoms with Gasteiger partial charge in [-0.1, -0.05) is 18.2 Å². The molecule has 2 amide bonds. The van der Waals surface area contributed by atoms with E-state index in [4.69, 9.17) is 0 Å². The Morgan fingerprint density at radius 3 is 2.97 bits per heavy atom. The third-order valence-corrected chi connectivity index (χ3v) is 5.51. The average Bonchev–Trinajstić information content (AvgIpc) is 3.07. The number of rotatable bonds is 4. The number of pyridine rings is 1. The highest BCUT2D eigenvalue weighted by atomic mass is 16.2. The van der Waals surface area contributed by atoms with Crippen LogP contribution in [0.1, 0.15) is 42.5 Å². The van der Waals surface area contributed by atoms with Gasteiger partial charge >= 0.3 is 0 Å². The van der Waals surface area contributed by atoms with Gasteiger partial charge in [-0.15, -0.1) is 0 Å². The summed E-state index contributed by atoms with van der Waals surface area (Å²) in [5, 5.41) is 3.95. The number of aromatic amines is 1. The van der Waals surface area contributed by atoms with Gasteiger partial charge in [0.1, 0.15) is 5.82 Å². The summed E-state index contributed by atoms with van der Waals surface area (Å²) in [7, 11) is 1.81. The average molecular weight is 388 g/mol. The van der Waals surface area contributed by atoms with E-state index in [0.717, 1.165) is 40.4 Å². The van der Waals surface area contributed by atoms with Gasteiger partial charge in [0.15, 0.2) is 0 Å². The van der Waals surface area contributed by atoms with Crippen LogP contribution in [-0.4, -0.2) is 33.7 Å². The Morgan fingerprint density at radius 1 is 1.28 bits per heavy atom. The monoisotopic (exact) mass is 388 g/mol. The third kappa shape index (κ3) is 3.92. The molecule has 0 spiro atoms. The Balaban J connectivity index is 1.49. The summed E-state index contributed by atoms with van der Waals surface area (Å²) in [6, 6.07) is 10.0. The molecular formula is C23H24N4O2. The molecule has 2 aromatic heterocycles. The van der Waals surface area contributed by atoms with Crippen LogP contribution in [0.3, 0.4) is 0 Å². The van der Waals surface area contributed by atoms with Gasteiger partial charge in [-0.2, -0.15) is 0 Å². The predicted octanol–water partition coefficient (Wildman–Crippen LogP) is 4.07. The largest absolute Gasteiger partial charge is 0.361 e. The first-order valence-corrected chi connectivity index (χ1v) is 9.82. The molecule has 3 heterocycles. The van der Waals surface area contributed by atoms with Crippen LogP contribution in [-0.2, 0) is 16.0 Å². The maximum atomic E-state index is 12.7. The number of nitrogens with zero attached hydrogens (tertiary/aromatic N) is 2. The minimum atomic E-state index is -0.0778. The second-order valence-corrected chi connectivity index (χ2v) is 7.43. The molecular weight excluding hydrogens is 364 g/mol. The number of amides is 2. The number of carbonyl (C=O) groups excluding carboxylic acids is 2. The number of aromatic nitrogens is 2. The van der Waals surface area contributed by atoms with E-state index >= 15 is 0 Å². The van der Waals surface area contributed by atoms with Crippen molar-refractivity contribution in [3.63, 3.8) is 0 Å². The van der Waals surface area contributed by atoms with Crippen LogP contribution in [0.15, 0.2) is 48.8 Å². The molecule has 0 radical (unpaired) electrons. The number of aryl methyl sites for hydroxylation is 1. The Hall–Kier alpha value is -3.41. The zero-order chi connectivity index (χ0) is 20.4. The number of hydrogen-bond acceptors (Lipinski definition) is 3. The summed E-state index contributed by atoms with van der Waals surface area (Å²) >= 11 is 0. The lowest BCUT2D eigenvalue weighted by atomic mass is 10.1. The van der Waals surface area contributed by atoms with Gasteiger partial charge in [0.25, 0.3) is 0 Å². The zero-order valence-corrected chi connectivity index (χ0v) is 16.6. The molecule has 1 aliphatic rings. The summed E-state index contributed by atoms with van der Waals surface area (Å²) in [6.45, 7) is 2.02. The summed E-state index contributed by atoms with van der Waals surface area (Å²) in [5.41, 5.74) is 4.01. The van der Waals surface area contributed by atoms with Crippen molar-refractivity contribution < 1.29 is 9.59 Å². The van der Waals surface area contributed by atoms with Crippen molar-refractivity contribution in [2.75, 3.05) is 12.4 Å². The van der Waals surface area contributed by atoms with Gasteiger partial charge in [0, 0.05) is 42.8 Å². The normalized spacial score (nSPS) is 15.0.